The van der Waals surface area contributed by atoms with Crippen LogP contribution in [0, 0.1) is 0 Å². The highest BCUT2D eigenvalue weighted by Crippen LogP contribution is 2.19. The normalized spacial score (nSPS) is 18.6. The van der Waals surface area contributed by atoms with Crippen LogP contribution in [0.4, 0.5) is 10.6 Å². The summed E-state index contributed by atoms with van der Waals surface area (Å²) in [5.74, 6) is 0.505. The number of carbonyl (C=O) groups excluding carboxylic acids is 2. The number of nitrogens with zero attached hydrogens (tertiary/aromatic N) is 3. The third-order valence-electron chi connectivity index (χ3n) is 4.96. The molecule has 2 N–H and O–H groups in total. The van der Waals surface area contributed by atoms with Crippen molar-refractivity contribution in [1.29, 1.82) is 0 Å². The number of nitrogens with one attached hydrogen (secondary N) is 2. The summed E-state index contributed by atoms with van der Waals surface area (Å²) in [4.78, 5) is 34.1. The Morgan fingerprint density at radius 1 is 1.15 bits per heavy atom. The van der Waals surface area contributed by atoms with E-state index in [1.54, 1.807) is 11.0 Å². The van der Waals surface area contributed by atoms with Gasteiger partial charge in [0, 0.05) is 31.2 Å². The van der Waals surface area contributed by atoms with Crippen molar-refractivity contribution < 1.29 is 14.3 Å². The van der Waals surface area contributed by atoms with Crippen molar-refractivity contribution in [3.05, 3.63) is 18.1 Å². The topological polar surface area (TPSA) is 96.5 Å². The number of hydrogen-bond acceptors (Lipinski definition) is 6. The van der Waals surface area contributed by atoms with E-state index in [9.17, 15) is 9.59 Å². The number of piperidine rings is 1. The molecule has 26 heavy (non-hydrogen) atoms. The molecule has 8 heteroatoms. The molecule has 0 radical (unpaired) electrons. The number of amides is 2. The average molecular weight is 361 g/mol. The molecule has 1 saturated heterocycles. The molecule has 0 atom stereocenters. The number of aromatic nitrogens is 2. The van der Waals surface area contributed by atoms with E-state index in [2.05, 4.69) is 20.6 Å². The fraction of sp³-hybridized carbons (Fsp3) is 0.667. The average Bonchev–Trinajstić information content (AvgIpc) is 3.16. The van der Waals surface area contributed by atoms with Gasteiger partial charge in [-0.15, -0.1) is 0 Å². The minimum absolute atomic E-state index is 0.139. The molecule has 3 rings (SSSR count). The maximum atomic E-state index is 12.3. The molecule has 1 aliphatic carbocycles. The summed E-state index contributed by atoms with van der Waals surface area (Å²) in [5.41, 5.74) is 0.387. The van der Waals surface area contributed by atoms with Crippen molar-refractivity contribution in [3.63, 3.8) is 0 Å². The molecule has 2 heterocycles. The van der Waals surface area contributed by atoms with Gasteiger partial charge in [0.05, 0.1) is 6.61 Å². The fourth-order valence-electron chi connectivity index (χ4n) is 3.52. The largest absolute Gasteiger partial charge is 0.450 e. The molecule has 1 saturated carbocycles. The molecule has 1 aromatic rings. The first kappa shape index (κ1) is 18.4. The smallest absolute Gasteiger partial charge is 0.409 e. The van der Waals surface area contributed by atoms with Gasteiger partial charge >= 0.3 is 6.09 Å². The van der Waals surface area contributed by atoms with E-state index in [0.29, 0.717) is 31.2 Å². The molecule has 1 aliphatic heterocycles. The Morgan fingerprint density at radius 2 is 1.88 bits per heavy atom. The number of rotatable bonds is 5. The molecule has 0 bridgehead atoms. The van der Waals surface area contributed by atoms with Crippen molar-refractivity contribution in [2.45, 2.75) is 57.5 Å². The minimum atomic E-state index is -0.251. The highest BCUT2D eigenvalue weighted by Gasteiger charge is 2.24. The highest BCUT2D eigenvalue weighted by molar-refractivity contribution is 5.93. The number of anilines is 1. The van der Waals surface area contributed by atoms with Crippen LogP contribution in [0.2, 0.25) is 0 Å². The predicted octanol–water partition coefficient (Wildman–Crippen LogP) is 2.18. The van der Waals surface area contributed by atoms with E-state index in [-0.39, 0.29) is 24.1 Å². The van der Waals surface area contributed by atoms with Gasteiger partial charge in [-0.1, -0.05) is 12.8 Å². The van der Waals surface area contributed by atoms with Crippen molar-refractivity contribution >= 4 is 17.8 Å². The molecule has 2 fully saturated rings. The molecule has 0 spiro atoms. The SMILES string of the molecule is CCOC(=O)N1CCC(Nc2cc(C(=O)NC3CCCC3)ncn2)CC1. The zero-order chi connectivity index (χ0) is 18.4. The van der Waals surface area contributed by atoms with Gasteiger partial charge < -0.3 is 20.3 Å². The lowest BCUT2D eigenvalue weighted by Gasteiger charge is -2.31. The second kappa shape index (κ2) is 8.82. The Labute approximate surface area is 153 Å². The molecule has 142 valence electrons. The Kier molecular flexibility index (Phi) is 6.25. The van der Waals surface area contributed by atoms with Crippen LogP contribution in [-0.2, 0) is 4.74 Å². The second-order valence-electron chi connectivity index (χ2n) is 6.85. The van der Waals surface area contributed by atoms with E-state index < -0.39 is 0 Å². The van der Waals surface area contributed by atoms with Gasteiger partial charge in [-0.05, 0) is 32.6 Å². The maximum absolute atomic E-state index is 12.3. The van der Waals surface area contributed by atoms with Crippen LogP contribution >= 0.6 is 0 Å². The Balaban J connectivity index is 1.51. The maximum Gasteiger partial charge on any atom is 0.409 e. The zero-order valence-electron chi connectivity index (χ0n) is 15.2. The lowest BCUT2D eigenvalue weighted by Crippen LogP contribution is -2.42. The van der Waals surface area contributed by atoms with Crippen LogP contribution in [0.3, 0.4) is 0 Å². The number of carbonyl (C=O) groups is 2. The van der Waals surface area contributed by atoms with Gasteiger partial charge in [-0.3, -0.25) is 4.79 Å². The molecule has 8 nitrogen and oxygen atoms in total. The second-order valence-corrected chi connectivity index (χ2v) is 6.85. The molecular weight excluding hydrogens is 334 g/mol. The van der Waals surface area contributed by atoms with Crippen LogP contribution in [0.25, 0.3) is 0 Å². The third-order valence-corrected chi connectivity index (χ3v) is 4.96. The quantitative estimate of drug-likeness (QED) is 0.834. The summed E-state index contributed by atoms with van der Waals surface area (Å²) in [6, 6.07) is 2.17. The number of likely N-dealkylation sites (tertiary alicyclic amines) is 1. The van der Waals surface area contributed by atoms with Crippen LogP contribution in [0.5, 0.6) is 0 Å². The summed E-state index contributed by atoms with van der Waals surface area (Å²) in [7, 11) is 0. The lowest BCUT2D eigenvalue weighted by atomic mass is 10.1. The Hall–Kier alpha value is -2.38. The van der Waals surface area contributed by atoms with Crippen LogP contribution in [-0.4, -0.2) is 58.6 Å². The van der Waals surface area contributed by atoms with Crippen molar-refractivity contribution in [3.8, 4) is 0 Å². The first-order valence-electron chi connectivity index (χ1n) is 9.47. The van der Waals surface area contributed by atoms with Gasteiger partial charge in [0.2, 0.25) is 0 Å². The predicted molar refractivity (Wildman–Crippen MR) is 97.0 cm³/mol. The molecule has 2 amide bonds. The van der Waals surface area contributed by atoms with E-state index in [1.807, 2.05) is 6.92 Å². The van der Waals surface area contributed by atoms with Gasteiger partial charge in [0.25, 0.3) is 5.91 Å². The molecule has 1 aromatic heterocycles. The molecule has 2 aliphatic rings. The molecule has 0 unspecified atom stereocenters. The van der Waals surface area contributed by atoms with Crippen LogP contribution in [0.1, 0.15) is 55.9 Å². The first-order valence-corrected chi connectivity index (χ1v) is 9.47. The number of ether oxygens (including phenoxy) is 1. The van der Waals surface area contributed by atoms with E-state index in [0.717, 1.165) is 25.7 Å². The van der Waals surface area contributed by atoms with E-state index >= 15 is 0 Å². The van der Waals surface area contributed by atoms with Gasteiger partial charge in [-0.25, -0.2) is 14.8 Å². The van der Waals surface area contributed by atoms with Crippen molar-refractivity contribution in [1.82, 2.24) is 20.2 Å². The summed E-state index contributed by atoms with van der Waals surface area (Å²) in [5, 5.41) is 6.39. The van der Waals surface area contributed by atoms with Crippen molar-refractivity contribution in [2.24, 2.45) is 0 Å². The minimum Gasteiger partial charge on any atom is -0.450 e. The Bertz CT molecular complexity index is 625. The van der Waals surface area contributed by atoms with E-state index in [4.69, 9.17) is 4.74 Å². The van der Waals surface area contributed by atoms with Crippen LogP contribution in [0.15, 0.2) is 12.4 Å². The Morgan fingerprint density at radius 3 is 2.58 bits per heavy atom. The number of hydrogen-bond donors (Lipinski definition) is 2. The van der Waals surface area contributed by atoms with Crippen LogP contribution < -0.4 is 10.6 Å². The lowest BCUT2D eigenvalue weighted by molar-refractivity contribution is 0.0931. The molecule has 0 aromatic carbocycles. The standard InChI is InChI=1S/C18H27N5O3/c1-2-26-18(25)23-9-7-14(8-10-23)21-16-11-15(19-12-20-16)17(24)22-13-5-3-4-6-13/h11-14H,2-10H2,1H3,(H,22,24)(H,19,20,21). The molecular formula is C18H27N5O3. The zero-order valence-corrected chi connectivity index (χ0v) is 15.2. The summed E-state index contributed by atoms with van der Waals surface area (Å²) < 4.78 is 5.03. The van der Waals surface area contributed by atoms with Gasteiger partial charge in [0.15, 0.2) is 0 Å². The fourth-order valence-corrected chi connectivity index (χ4v) is 3.52. The van der Waals surface area contributed by atoms with Crippen molar-refractivity contribution in [2.75, 3.05) is 25.0 Å². The van der Waals surface area contributed by atoms with Gasteiger partial charge in [-0.2, -0.15) is 0 Å². The van der Waals surface area contributed by atoms with Gasteiger partial charge in [0.1, 0.15) is 17.8 Å². The summed E-state index contributed by atoms with van der Waals surface area (Å²) in [6.07, 6.45) is 7.22. The first-order chi connectivity index (χ1) is 12.7. The summed E-state index contributed by atoms with van der Waals surface area (Å²) in [6.45, 7) is 3.50. The summed E-state index contributed by atoms with van der Waals surface area (Å²) >= 11 is 0. The monoisotopic (exact) mass is 361 g/mol. The van der Waals surface area contributed by atoms with E-state index in [1.165, 1.54) is 19.2 Å². The highest BCUT2D eigenvalue weighted by atomic mass is 16.6. The third kappa shape index (κ3) is 4.83.